The van der Waals surface area contributed by atoms with Gasteiger partial charge in [-0.1, -0.05) is 30.3 Å². The van der Waals surface area contributed by atoms with Gasteiger partial charge < -0.3 is 14.6 Å². The van der Waals surface area contributed by atoms with Crippen molar-refractivity contribution in [1.29, 1.82) is 0 Å². The van der Waals surface area contributed by atoms with Gasteiger partial charge in [0.25, 0.3) is 0 Å². The Morgan fingerprint density at radius 2 is 2.07 bits per heavy atom. The van der Waals surface area contributed by atoms with E-state index in [-0.39, 0.29) is 6.04 Å². The molecule has 2 aromatic carbocycles. The molecular formula is C19H18N4O4. The van der Waals surface area contributed by atoms with Crippen LogP contribution in [0.15, 0.2) is 69.0 Å². The average Bonchev–Trinajstić information content (AvgIpc) is 3.16. The highest BCUT2D eigenvalue weighted by atomic mass is 16.5. The van der Waals surface area contributed by atoms with E-state index < -0.39 is 12.6 Å². The summed E-state index contributed by atoms with van der Waals surface area (Å²) in [7, 11) is 1.48. The maximum absolute atomic E-state index is 10.6. The third kappa shape index (κ3) is 4.97. The van der Waals surface area contributed by atoms with Gasteiger partial charge in [-0.25, -0.2) is 4.79 Å². The van der Waals surface area contributed by atoms with Crippen molar-refractivity contribution in [3.05, 3.63) is 59.7 Å². The first-order valence-electron chi connectivity index (χ1n) is 8.24. The van der Waals surface area contributed by atoms with Crippen molar-refractivity contribution in [2.75, 3.05) is 13.7 Å². The standard InChI is InChI=1S/C19H18N4O4/c1-26-17-9-13(7-8-16(17)27-12-19(24)25)11-20-22-18-10-15(21-23-18)14-5-3-2-4-6-14/h2-9,11,15H,10,12H2,1H3,(H,24,25)/b20-11-,22-18-/t15-/m1/s1. The first-order valence-corrected chi connectivity index (χ1v) is 8.24. The first kappa shape index (κ1) is 18.2. The van der Waals surface area contributed by atoms with Crippen molar-refractivity contribution >= 4 is 18.0 Å². The summed E-state index contributed by atoms with van der Waals surface area (Å²) in [5, 5.41) is 25.1. The lowest BCUT2D eigenvalue weighted by Crippen LogP contribution is -2.10. The van der Waals surface area contributed by atoms with E-state index in [4.69, 9.17) is 14.6 Å². The molecule has 0 unspecified atom stereocenters. The highest BCUT2D eigenvalue weighted by molar-refractivity contribution is 5.86. The van der Waals surface area contributed by atoms with E-state index in [1.807, 2.05) is 30.3 Å². The zero-order valence-corrected chi connectivity index (χ0v) is 14.6. The summed E-state index contributed by atoms with van der Waals surface area (Å²) in [6.45, 7) is -0.439. The Morgan fingerprint density at radius 3 is 2.81 bits per heavy atom. The number of rotatable bonds is 7. The second-order valence-corrected chi connectivity index (χ2v) is 5.70. The number of hydrogen-bond acceptors (Lipinski definition) is 6. The van der Waals surface area contributed by atoms with Gasteiger partial charge in [-0.15, -0.1) is 10.2 Å². The fourth-order valence-electron chi connectivity index (χ4n) is 2.50. The molecule has 0 spiro atoms. The van der Waals surface area contributed by atoms with Crippen molar-refractivity contribution in [2.24, 2.45) is 20.4 Å². The molecule has 0 bridgehead atoms. The lowest BCUT2D eigenvalue weighted by molar-refractivity contribution is -0.139. The Morgan fingerprint density at radius 1 is 1.26 bits per heavy atom. The van der Waals surface area contributed by atoms with Crippen LogP contribution in [-0.2, 0) is 4.79 Å². The predicted molar refractivity (Wildman–Crippen MR) is 99.8 cm³/mol. The smallest absolute Gasteiger partial charge is 0.341 e. The summed E-state index contributed by atoms with van der Waals surface area (Å²) in [6.07, 6.45) is 2.16. The molecule has 1 heterocycles. The normalized spacial score (nSPS) is 17.5. The van der Waals surface area contributed by atoms with Crippen LogP contribution in [-0.4, -0.2) is 36.8 Å². The van der Waals surface area contributed by atoms with Crippen molar-refractivity contribution in [2.45, 2.75) is 12.5 Å². The number of methoxy groups -OCH3 is 1. The van der Waals surface area contributed by atoms with Gasteiger partial charge >= 0.3 is 5.97 Å². The average molecular weight is 366 g/mol. The van der Waals surface area contributed by atoms with Gasteiger partial charge in [-0.2, -0.15) is 10.2 Å². The number of aliphatic carboxylic acids is 1. The van der Waals surface area contributed by atoms with E-state index in [9.17, 15) is 4.79 Å². The zero-order valence-electron chi connectivity index (χ0n) is 14.6. The van der Waals surface area contributed by atoms with Crippen LogP contribution in [0.4, 0.5) is 0 Å². The number of carbonyl (C=O) groups is 1. The SMILES string of the molecule is COc1cc(/C=N\N=C2\C[C@H](c3ccccc3)N=N2)ccc1OCC(=O)O. The van der Waals surface area contributed by atoms with E-state index in [1.54, 1.807) is 24.4 Å². The highest BCUT2D eigenvalue weighted by Crippen LogP contribution is 2.28. The van der Waals surface area contributed by atoms with Crippen LogP contribution in [0.25, 0.3) is 0 Å². The summed E-state index contributed by atoms with van der Waals surface area (Å²) < 4.78 is 10.4. The molecule has 0 fully saturated rings. The van der Waals surface area contributed by atoms with E-state index in [1.165, 1.54) is 7.11 Å². The van der Waals surface area contributed by atoms with E-state index in [0.717, 1.165) is 11.1 Å². The molecule has 2 aromatic rings. The van der Waals surface area contributed by atoms with Crippen LogP contribution in [0, 0.1) is 0 Å². The second-order valence-electron chi connectivity index (χ2n) is 5.70. The van der Waals surface area contributed by atoms with Gasteiger partial charge in [0.05, 0.1) is 13.3 Å². The van der Waals surface area contributed by atoms with E-state index in [2.05, 4.69) is 20.4 Å². The molecule has 0 aromatic heterocycles. The molecule has 1 N–H and O–H groups in total. The van der Waals surface area contributed by atoms with Gasteiger partial charge in [0.2, 0.25) is 0 Å². The van der Waals surface area contributed by atoms with Gasteiger partial charge in [0.1, 0.15) is 6.04 Å². The van der Waals surface area contributed by atoms with Crippen LogP contribution < -0.4 is 9.47 Å². The third-order valence-corrected chi connectivity index (χ3v) is 3.79. The number of hydrogen-bond donors (Lipinski definition) is 1. The van der Waals surface area contributed by atoms with Crippen LogP contribution in [0.3, 0.4) is 0 Å². The molecule has 3 rings (SSSR count). The minimum Gasteiger partial charge on any atom is -0.493 e. The Kier molecular flexibility index (Phi) is 5.88. The molecule has 1 aliphatic heterocycles. The van der Waals surface area contributed by atoms with Crippen LogP contribution in [0.2, 0.25) is 0 Å². The van der Waals surface area contributed by atoms with E-state index in [0.29, 0.717) is 23.8 Å². The number of ether oxygens (including phenoxy) is 2. The van der Waals surface area contributed by atoms with Gasteiger partial charge in [0, 0.05) is 6.42 Å². The van der Waals surface area contributed by atoms with Crippen molar-refractivity contribution in [1.82, 2.24) is 0 Å². The monoisotopic (exact) mass is 366 g/mol. The van der Waals surface area contributed by atoms with Gasteiger partial charge in [-0.3, -0.25) is 0 Å². The number of nitrogens with zero attached hydrogens (tertiary/aromatic N) is 4. The van der Waals surface area contributed by atoms with Gasteiger partial charge in [-0.05, 0) is 29.3 Å². The molecule has 0 aliphatic carbocycles. The quantitative estimate of drug-likeness (QED) is 0.598. The molecule has 27 heavy (non-hydrogen) atoms. The number of carboxylic acids is 1. The second kappa shape index (κ2) is 8.70. The lowest BCUT2D eigenvalue weighted by Gasteiger charge is -2.09. The fourth-order valence-corrected chi connectivity index (χ4v) is 2.50. The molecule has 8 heteroatoms. The summed E-state index contributed by atoms with van der Waals surface area (Å²) in [5.74, 6) is 0.266. The minimum absolute atomic E-state index is 0.0223. The van der Waals surface area contributed by atoms with Crippen molar-refractivity contribution in [3.8, 4) is 11.5 Å². The van der Waals surface area contributed by atoms with E-state index >= 15 is 0 Å². The Balaban J connectivity index is 1.63. The van der Waals surface area contributed by atoms with Gasteiger partial charge in [0.15, 0.2) is 23.9 Å². The lowest BCUT2D eigenvalue weighted by atomic mass is 10.1. The summed E-state index contributed by atoms with van der Waals surface area (Å²) in [4.78, 5) is 10.6. The molecule has 0 saturated heterocycles. The van der Waals surface area contributed by atoms with Crippen LogP contribution in [0.5, 0.6) is 11.5 Å². The highest BCUT2D eigenvalue weighted by Gasteiger charge is 2.19. The molecule has 0 amide bonds. The Hall–Kier alpha value is -3.55. The molecular weight excluding hydrogens is 348 g/mol. The number of azo groups is 1. The number of benzene rings is 2. The topological polar surface area (TPSA) is 105 Å². The molecule has 0 saturated carbocycles. The Labute approximate surface area is 155 Å². The molecule has 8 nitrogen and oxygen atoms in total. The third-order valence-electron chi connectivity index (χ3n) is 3.79. The molecule has 1 atom stereocenters. The zero-order chi connectivity index (χ0) is 19.1. The van der Waals surface area contributed by atoms with Crippen molar-refractivity contribution < 1.29 is 19.4 Å². The minimum atomic E-state index is -1.06. The molecule has 138 valence electrons. The Bertz CT molecular complexity index is 894. The maximum atomic E-state index is 10.6. The predicted octanol–water partition coefficient (Wildman–Crippen LogP) is 3.49. The largest absolute Gasteiger partial charge is 0.493 e. The number of carboxylic acid groups (broad SMARTS) is 1. The summed E-state index contributed by atoms with van der Waals surface area (Å²) >= 11 is 0. The first-order chi connectivity index (χ1) is 13.2. The van der Waals surface area contributed by atoms with Crippen LogP contribution in [0.1, 0.15) is 23.6 Å². The fraction of sp³-hybridized carbons (Fsp3) is 0.211. The number of amidine groups is 1. The maximum Gasteiger partial charge on any atom is 0.341 e. The van der Waals surface area contributed by atoms with Crippen molar-refractivity contribution in [3.63, 3.8) is 0 Å². The molecule has 0 radical (unpaired) electrons. The summed E-state index contributed by atoms with van der Waals surface area (Å²) in [5.41, 5.74) is 1.82. The summed E-state index contributed by atoms with van der Waals surface area (Å²) in [6, 6.07) is 14.9. The van der Waals surface area contributed by atoms with Crippen LogP contribution >= 0.6 is 0 Å². The molecule has 1 aliphatic rings.